The first-order valence-electron chi connectivity index (χ1n) is 7.00. The predicted molar refractivity (Wildman–Crippen MR) is 86.7 cm³/mol. The monoisotopic (exact) mass is 279 g/mol. The summed E-state index contributed by atoms with van der Waals surface area (Å²) in [6, 6.07) is 6.07. The van der Waals surface area contributed by atoms with Crippen LogP contribution in [0, 0.1) is 6.92 Å². The van der Waals surface area contributed by atoms with Crippen LogP contribution in [0.3, 0.4) is 0 Å². The van der Waals surface area contributed by atoms with Crippen LogP contribution >= 0.6 is 11.8 Å². The van der Waals surface area contributed by atoms with Gasteiger partial charge in [-0.25, -0.2) is 0 Å². The third-order valence-electron chi connectivity index (χ3n) is 3.17. The highest BCUT2D eigenvalue weighted by molar-refractivity contribution is 8.00. The highest BCUT2D eigenvalue weighted by Crippen LogP contribution is 2.22. The normalized spacial score (nSPS) is 10.8. The molecule has 0 N–H and O–H groups in total. The molecule has 0 bridgehead atoms. The summed E-state index contributed by atoms with van der Waals surface area (Å²) in [6.07, 6.45) is 0. The van der Waals surface area contributed by atoms with Crippen molar-refractivity contribution < 1.29 is 4.79 Å². The number of carbonyl (C=O) groups excluding carboxylic acids is 1. The average Bonchev–Trinajstić information content (AvgIpc) is 2.39. The van der Waals surface area contributed by atoms with Gasteiger partial charge in [0.05, 0.1) is 5.75 Å². The molecule has 3 heteroatoms. The van der Waals surface area contributed by atoms with Gasteiger partial charge in [-0.05, 0) is 49.8 Å². The van der Waals surface area contributed by atoms with Crippen LogP contribution in [0.5, 0.6) is 0 Å². The molecule has 1 aromatic carbocycles. The zero-order valence-electron chi connectivity index (χ0n) is 12.7. The molecule has 2 nitrogen and oxygen atoms in total. The molecule has 0 unspecified atom stereocenters. The van der Waals surface area contributed by atoms with Crippen molar-refractivity contribution in [2.24, 2.45) is 0 Å². The van der Waals surface area contributed by atoms with Crippen LogP contribution in [0.2, 0.25) is 0 Å². The summed E-state index contributed by atoms with van der Waals surface area (Å²) in [6.45, 7) is 12.6. The molecule has 1 aromatic rings. The SMILES string of the molecule is CCN(CC)c1ccc(C(=O)CSC(C)C)cc1C. The van der Waals surface area contributed by atoms with E-state index in [9.17, 15) is 4.79 Å². The average molecular weight is 279 g/mol. The molecule has 0 amide bonds. The number of hydrogen-bond donors (Lipinski definition) is 0. The summed E-state index contributed by atoms with van der Waals surface area (Å²) in [5, 5.41) is 0.500. The van der Waals surface area contributed by atoms with Crippen molar-refractivity contribution in [2.45, 2.75) is 39.9 Å². The van der Waals surface area contributed by atoms with Gasteiger partial charge in [0.25, 0.3) is 0 Å². The van der Waals surface area contributed by atoms with Crippen LogP contribution in [0.4, 0.5) is 5.69 Å². The number of benzene rings is 1. The molecular formula is C16H25NOS. The van der Waals surface area contributed by atoms with Crippen molar-refractivity contribution in [3.63, 3.8) is 0 Å². The maximum absolute atomic E-state index is 12.1. The highest BCUT2D eigenvalue weighted by Gasteiger charge is 2.11. The summed E-state index contributed by atoms with van der Waals surface area (Å²) >= 11 is 1.70. The van der Waals surface area contributed by atoms with Gasteiger partial charge in [0.15, 0.2) is 5.78 Å². The summed E-state index contributed by atoms with van der Waals surface area (Å²) in [5.41, 5.74) is 3.25. The van der Waals surface area contributed by atoms with Crippen molar-refractivity contribution in [2.75, 3.05) is 23.7 Å². The molecule has 0 saturated carbocycles. The number of carbonyl (C=O) groups is 1. The van der Waals surface area contributed by atoms with Gasteiger partial charge in [0.2, 0.25) is 0 Å². The van der Waals surface area contributed by atoms with Gasteiger partial charge in [-0.3, -0.25) is 4.79 Å². The van der Waals surface area contributed by atoms with Crippen LogP contribution in [-0.2, 0) is 0 Å². The Morgan fingerprint density at radius 2 is 1.89 bits per heavy atom. The number of nitrogens with zero attached hydrogens (tertiary/aromatic N) is 1. The molecular weight excluding hydrogens is 254 g/mol. The molecule has 0 fully saturated rings. The van der Waals surface area contributed by atoms with Crippen molar-refractivity contribution in [1.82, 2.24) is 0 Å². The molecule has 0 aromatic heterocycles. The fraction of sp³-hybridized carbons (Fsp3) is 0.562. The van der Waals surface area contributed by atoms with Crippen molar-refractivity contribution in [3.8, 4) is 0 Å². The predicted octanol–water partition coefficient (Wildman–Crippen LogP) is 4.17. The fourth-order valence-electron chi connectivity index (χ4n) is 2.07. The van der Waals surface area contributed by atoms with E-state index in [2.05, 4.69) is 45.6 Å². The van der Waals surface area contributed by atoms with E-state index in [1.54, 1.807) is 11.8 Å². The minimum Gasteiger partial charge on any atom is -0.372 e. The van der Waals surface area contributed by atoms with Crippen LogP contribution in [-0.4, -0.2) is 29.9 Å². The lowest BCUT2D eigenvalue weighted by molar-refractivity contribution is 0.102. The molecule has 0 aliphatic heterocycles. The minimum atomic E-state index is 0.230. The quantitative estimate of drug-likeness (QED) is 0.699. The Morgan fingerprint density at radius 3 is 2.37 bits per heavy atom. The Bertz CT molecular complexity index is 425. The van der Waals surface area contributed by atoms with Crippen LogP contribution in [0.25, 0.3) is 0 Å². The van der Waals surface area contributed by atoms with E-state index < -0.39 is 0 Å². The lowest BCUT2D eigenvalue weighted by atomic mass is 10.1. The Morgan fingerprint density at radius 1 is 1.26 bits per heavy atom. The van der Waals surface area contributed by atoms with Gasteiger partial charge in [-0.2, -0.15) is 11.8 Å². The Labute approximate surface area is 121 Å². The van der Waals surface area contributed by atoms with Gasteiger partial charge in [-0.15, -0.1) is 0 Å². The summed E-state index contributed by atoms with van der Waals surface area (Å²) in [7, 11) is 0. The highest BCUT2D eigenvalue weighted by atomic mass is 32.2. The van der Waals surface area contributed by atoms with Crippen molar-refractivity contribution >= 4 is 23.2 Å². The number of ketones is 1. The molecule has 0 radical (unpaired) electrons. The second-order valence-corrected chi connectivity index (χ2v) is 6.52. The van der Waals surface area contributed by atoms with E-state index in [1.807, 2.05) is 12.1 Å². The van der Waals surface area contributed by atoms with E-state index in [1.165, 1.54) is 11.3 Å². The van der Waals surface area contributed by atoms with Gasteiger partial charge >= 0.3 is 0 Å². The first kappa shape index (κ1) is 16.1. The minimum absolute atomic E-state index is 0.230. The van der Waals surface area contributed by atoms with Gasteiger partial charge < -0.3 is 4.90 Å². The number of hydrogen-bond acceptors (Lipinski definition) is 3. The first-order chi connectivity index (χ1) is 8.99. The molecule has 0 aliphatic carbocycles. The topological polar surface area (TPSA) is 20.3 Å². The Kier molecular flexibility index (Phi) is 6.43. The first-order valence-corrected chi connectivity index (χ1v) is 8.04. The third-order valence-corrected chi connectivity index (χ3v) is 4.27. The summed E-state index contributed by atoms with van der Waals surface area (Å²) in [4.78, 5) is 14.4. The lowest BCUT2D eigenvalue weighted by Crippen LogP contribution is -2.22. The maximum Gasteiger partial charge on any atom is 0.172 e. The van der Waals surface area contributed by atoms with Crippen LogP contribution in [0.1, 0.15) is 43.6 Å². The Hall–Kier alpha value is -0.960. The smallest absolute Gasteiger partial charge is 0.172 e. The molecule has 19 heavy (non-hydrogen) atoms. The molecule has 106 valence electrons. The number of thioether (sulfide) groups is 1. The molecule has 0 aliphatic rings. The summed E-state index contributed by atoms with van der Waals surface area (Å²) < 4.78 is 0. The molecule has 0 saturated heterocycles. The number of Topliss-reactive ketones (excluding diaryl/α,β-unsaturated/α-hetero) is 1. The van der Waals surface area contributed by atoms with Gasteiger partial charge in [0.1, 0.15) is 0 Å². The zero-order chi connectivity index (χ0) is 14.4. The largest absolute Gasteiger partial charge is 0.372 e. The van der Waals surface area contributed by atoms with E-state index in [0.717, 1.165) is 18.7 Å². The molecule has 1 rings (SSSR count). The molecule has 0 atom stereocenters. The van der Waals surface area contributed by atoms with Gasteiger partial charge in [-0.1, -0.05) is 13.8 Å². The zero-order valence-corrected chi connectivity index (χ0v) is 13.5. The third kappa shape index (κ3) is 4.57. The number of rotatable bonds is 7. The maximum atomic E-state index is 12.1. The van der Waals surface area contributed by atoms with Crippen molar-refractivity contribution in [3.05, 3.63) is 29.3 Å². The van der Waals surface area contributed by atoms with Crippen LogP contribution in [0.15, 0.2) is 18.2 Å². The van der Waals surface area contributed by atoms with Crippen LogP contribution < -0.4 is 4.90 Å². The van der Waals surface area contributed by atoms with Gasteiger partial charge in [0, 0.05) is 24.3 Å². The molecule has 0 spiro atoms. The summed E-state index contributed by atoms with van der Waals surface area (Å²) in [5.74, 6) is 0.801. The van der Waals surface area contributed by atoms with E-state index in [0.29, 0.717) is 11.0 Å². The molecule has 0 heterocycles. The second kappa shape index (κ2) is 7.59. The fourth-order valence-corrected chi connectivity index (χ4v) is 2.73. The van der Waals surface area contributed by atoms with E-state index >= 15 is 0 Å². The number of aryl methyl sites for hydroxylation is 1. The van der Waals surface area contributed by atoms with Crippen molar-refractivity contribution in [1.29, 1.82) is 0 Å². The lowest BCUT2D eigenvalue weighted by Gasteiger charge is -2.23. The standard InChI is InChI=1S/C16H25NOS/c1-6-17(7-2)15-9-8-14(10-13(15)5)16(18)11-19-12(3)4/h8-10,12H,6-7,11H2,1-5H3. The van der Waals surface area contributed by atoms with E-state index in [4.69, 9.17) is 0 Å². The number of anilines is 1. The second-order valence-electron chi connectivity index (χ2n) is 4.96. The Balaban J connectivity index is 2.84. The van der Waals surface area contributed by atoms with E-state index in [-0.39, 0.29) is 5.78 Å².